The molecule has 0 aromatic rings. The molecule has 0 amide bonds. The second kappa shape index (κ2) is 4.46. The van der Waals surface area contributed by atoms with Crippen LogP contribution in [0, 0.1) is 0 Å². The number of nitrogens with one attached hydrogen (secondary N) is 1. The van der Waals surface area contributed by atoms with Crippen LogP contribution in [0.5, 0.6) is 0 Å². The molecule has 0 saturated carbocycles. The van der Waals surface area contributed by atoms with Crippen LogP contribution in [0.1, 0.15) is 12.8 Å². The van der Waals surface area contributed by atoms with Crippen LogP contribution in [0.3, 0.4) is 0 Å². The van der Waals surface area contributed by atoms with Crippen molar-refractivity contribution < 1.29 is 4.74 Å². The summed E-state index contributed by atoms with van der Waals surface area (Å²) >= 11 is 5.05. The maximum absolute atomic E-state index is 5.23. The zero-order valence-electron chi connectivity index (χ0n) is 6.51. The van der Waals surface area contributed by atoms with E-state index in [1.807, 2.05) is 0 Å². The van der Waals surface area contributed by atoms with Gasteiger partial charge >= 0.3 is 0 Å². The summed E-state index contributed by atoms with van der Waals surface area (Å²) in [5, 5.41) is 3.95. The van der Waals surface area contributed by atoms with Gasteiger partial charge < -0.3 is 10.1 Å². The van der Waals surface area contributed by atoms with Gasteiger partial charge in [0, 0.05) is 0 Å². The molecule has 1 aliphatic heterocycles. The molecule has 11 heavy (non-hydrogen) atoms. The maximum atomic E-state index is 5.23. The molecule has 0 aliphatic carbocycles. The first-order valence-corrected chi connectivity index (χ1v) is 4.26. The van der Waals surface area contributed by atoms with Crippen molar-refractivity contribution >= 4 is 17.3 Å². The van der Waals surface area contributed by atoms with E-state index in [9.17, 15) is 0 Å². The van der Waals surface area contributed by atoms with E-state index in [2.05, 4.69) is 11.9 Å². The summed E-state index contributed by atoms with van der Waals surface area (Å²) in [7, 11) is 0. The third-order valence-corrected chi connectivity index (χ3v) is 2.09. The van der Waals surface area contributed by atoms with Gasteiger partial charge in [-0.15, -0.1) is 0 Å². The van der Waals surface area contributed by atoms with E-state index in [4.69, 9.17) is 17.0 Å². The molecule has 1 rings (SSSR count). The fraction of sp³-hybridized carbons (Fsp3) is 0.625. The molecule has 1 aliphatic rings. The summed E-state index contributed by atoms with van der Waals surface area (Å²) < 4.78 is 5.23. The summed E-state index contributed by atoms with van der Waals surface area (Å²) in [6.45, 7) is 5.14. The minimum Gasteiger partial charge on any atom is -0.481 e. The van der Waals surface area contributed by atoms with Crippen molar-refractivity contribution in [1.29, 1.82) is 0 Å². The van der Waals surface area contributed by atoms with Gasteiger partial charge in [-0.2, -0.15) is 0 Å². The quantitative estimate of drug-likeness (QED) is 0.510. The summed E-state index contributed by atoms with van der Waals surface area (Å²) in [6.07, 6.45) is 4.01. The largest absolute Gasteiger partial charge is 0.481 e. The Balaban J connectivity index is 2.22. The normalized spacial score (nSPS) is 23.1. The number of rotatable bonds is 3. The van der Waals surface area contributed by atoms with Gasteiger partial charge in [0.15, 0.2) is 5.05 Å². The Hall–Kier alpha value is -0.410. The van der Waals surface area contributed by atoms with Crippen molar-refractivity contribution in [1.82, 2.24) is 5.32 Å². The van der Waals surface area contributed by atoms with Crippen LogP contribution >= 0.6 is 12.2 Å². The minimum atomic E-state index is 0.296. The van der Waals surface area contributed by atoms with E-state index in [0.29, 0.717) is 17.7 Å². The van der Waals surface area contributed by atoms with Crippen LogP contribution in [0.25, 0.3) is 0 Å². The zero-order valence-corrected chi connectivity index (χ0v) is 7.32. The third-order valence-electron chi connectivity index (χ3n) is 1.69. The molecule has 0 spiro atoms. The van der Waals surface area contributed by atoms with Crippen molar-refractivity contribution in [3.05, 3.63) is 12.7 Å². The zero-order chi connectivity index (χ0) is 8.10. The average Bonchev–Trinajstić information content (AvgIpc) is 2.52. The van der Waals surface area contributed by atoms with E-state index in [1.165, 1.54) is 6.42 Å². The lowest BCUT2D eigenvalue weighted by Gasteiger charge is -2.11. The standard InChI is InChI=1S/C8H13NOS/c1-2-6-10-8(11)7-4-3-5-9-7/h2,7,9H,1,3-6H2/t7-/m0/s1. The predicted molar refractivity (Wildman–Crippen MR) is 49.8 cm³/mol. The second-order valence-corrected chi connectivity index (χ2v) is 2.97. The van der Waals surface area contributed by atoms with Gasteiger partial charge in [-0.05, 0) is 31.6 Å². The van der Waals surface area contributed by atoms with E-state index in [0.717, 1.165) is 13.0 Å². The van der Waals surface area contributed by atoms with Gasteiger partial charge in [0.25, 0.3) is 0 Å². The molecule has 0 bridgehead atoms. The van der Waals surface area contributed by atoms with Gasteiger partial charge in [-0.25, -0.2) is 0 Å². The molecule has 0 aromatic carbocycles. The Morgan fingerprint density at radius 3 is 3.18 bits per heavy atom. The number of thiocarbonyl (C=S) groups is 1. The molecule has 3 heteroatoms. The molecule has 1 fully saturated rings. The first-order chi connectivity index (χ1) is 5.34. The Morgan fingerprint density at radius 1 is 1.82 bits per heavy atom. The van der Waals surface area contributed by atoms with Crippen LogP contribution < -0.4 is 5.32 Å². The molecule has 1 atom stereocenters. The Morgan fingerprint density at radius 2 is 2.64 bits per heavy atom. The summed E-state index contributed by atoms with van der Waals surface area (Å²) in [5.41, 5.74) is 0. The number of hydrogen-bond donors (Lipinski definition) is 1. The van der Waals surface area contributed by atoms with E-state index in [-0.39, 0.29) is 0 Å². The molecule has 1 heterocycles. The third kappa shape index (κ3) is 2.60. The van der Waals surface area contributed by atoms with E-state index in [1.54, 1.807) is 6.08 Å². The van der Waals surface area contributed by atoms with Crippen molar-refractivity contribution in [3.63, 3.8) is 0 Å². The maximum Gasteiger partial charge on any atom is 0.177 e. The minimum absolute atomic E-state index is 0.296. The predicted octanol–water partition coefficient (Wildman–Crippen LogP) is 1.27. The first kappa shape index (κ1) is 8.68. The highest BCUT2D eigenvalue weighted by molar-refractivity contribution is 7.80. The van der Waals surface area contributed by atoms with Crippen molar-refractivity contribution in [2.45, 2.75) is 18.9 Å². The first-order valence-electron chi connectivity index (χ1n) is 3.85. The van der Waals surface area contributed by atoms with Crippen molar-refractivity contribution in [2.75, 3.05) is 13.2 Å². The van der Waals surface area contributed by atoms with Crippen molar-refractivity contribution in [3.8, 4) is 0 Å². The summed E-state index contributed by atoms with van der Waals surface area (Å²) in [5.74, 6) is 0. The molecule has 0 unspecified atom stereocenters. The van der Waals surface area contributed by atoms with Gasteiger partial charge in [-0.1, -0.05) is 12.7 Å². The highest BCUT2D eigenvalue weighted by Crippen LogP contribution is 2.07. The fourth-order valence-corrected chi connectivity index (χ4v) is 1.40. The average molecular weight is 171 g/mol. The second-order valence-electron chi connectivity index (χ2n) is 2.57. The molecule has 1 saturated heterocycles. The lowest BCUT2D eigenvalue weighted by Crippen LogP contribution is -2.31. The van der Waals surface area contributed by atoms with Gasteiger partial charge in [0.05, 0.1) is 6.04 Å². The molecule has 0 radical (unpaired) electrons. The van der Waals surface area contributed by atoms with Crippen LogP contribution in [-0.2, 0) is 4.74 Å². The highest BCUT2D eigenvalue weighted by Gasteiger charge is 2.19. The highest BCUT2D eigenvalue weighted by atomic mass is 32.1. The summed E-state index contributed by atoms with van der Waals surface area (Å²) in [6, 6.07) is 0.296. The molecular weight excluding hydrogens is 158 g/mol. The van der Waals surface area contributed by atoms with Crippen LogP contribution in [-0.4, -0.2) is 24.2 Å². The van der Waals surface area contributed by atoms with E-state index < -0.39 is 0 Å². The van der Waals surface area contributed by atoms with Gasteiger partial charge in [0.1, 0.15) is 6.61 Å². The van der Waals surface area contributed by atoms with Crippen LogP contribution in [0.4, 0.5) is 0 Å². The smallest absolute Gasteiger partial charge is 0.177 e. The fourth-order valence-electron chi connectivity index (χ4n) is 1.13. The SMILES string of the molecule is C=CCOC(=S)[C@@H]1CCCN1. The lowest BCUT2D eigenvalue weighted by atomic mass is 10.2. The molecular formula is C8H13NOS. The van der Waals surface area contributed by atoms with Gasteiger partial charge in [0.2, 0.25) is 0 Å². The van der Waals surface area contributed by atoms with Gasteiger partial charge in [-0.3, -0.25) is 0 Å². The van der Waals surface area contributed by atoms with Crippen LogP contribution in [0.2, 0.25) is 0 Å². The Labute approximate surface area is 72.6 Å². The number of ether oxygens (including phenoxy) is 1. The molecule has 0 aromatic heterocycles. The molecule has 62 valence electrons. The lowest BCUT2D eigenvalue weighted by molar-refractivity contribution is 0.340. The summed E-state index contributed by atoms with van der Waals surface area (Å²) in [4.78, 5) is 0. The molecule has 2 nitrogen and oxygen atoms in total. The number of hydrogen-bond acceptors (Lipinski definition) is 3. The van der Waals surface area contributed by atoms with E-state index >= 15 is 0 Å². The topological polar surface area (TPSA) is 21.3 Å². The molecule has 1 N–H and O–H groups in total. The Kier molecular flexibility index (Phi) is 3.52. The monoisotopic (exact) mass is 171 g/mol. The Bertz CT molecular complexity index is 152. The van der Waals surface area contributed by atoms with Crippen molar-refractivity contribution in [2.24, 2.45) is 0 Å². The van der Waals surface area contributed by atoms with Crippen LogP contribution in [0.15, 0.2) is 12.7 Å².